The van der Waals surface area contributed by atoms with Crippen LogP contribution in [-0.4, -0.2) is 9.73 Å². The van der Waals surface area contributed by atoms with Gasteiger partial charge in [-0.25, -0.2) is 4.98 Å². The zero-order valence-corrected chi connectivity index (χ0v) is 11.6. The molecule has 0 aliphatic heterocycles. The van der Waals surface area contributed by atoms with E-state index in [2.05, 4.69) is 32.7 Å². The molecule has 15 heavy (non-hydrogen) atoms. The molecule has 0 amide bonds. The van der Waals surface area contributed by atoms with Crippen LogP contribution in [0.4, 0.5) is 0 Å². The van der Waals surface area contributed by atoms with Crippen LogP contribution in [0.3, 0.4) is 0 Å². The predicted molar refractivity (Wildman–Crippen MR) is 70.4 cm³/mol. The molecule has 0 saturated heterocycles. The number of aromatic nitrogens is 1. The normalized spacial score (nSPS) is 12.1. The van der Waals surface area contributed by atoms with Crippen LogP contribution in [0.25, 0.3) is 0 Å². The molecule has 0 aromatic carbocycles. The fourth-order valence-corrected chi connectivity index (χ4v) is 3.08. The molecule has 2 nitrogen and oxygen atoms in total. The van der Waals surface area contributed by atoms with Gasteiger partial charge in [0, 0.05) is 21.9 Å². The molecule has 0 spiro atoms. The SMILES string of the molecule is CCc1nc(CSC(C)(C)C)sc1CN. The van der Waals surface area contributed by atoms with Crippen LogP contribution in [0.15, 0.2) is 0 Å². The highest BCUT2D eigenvalue weighted by Gasteiger charge is 2.14. The van der Waals surface area contributed by atoms with E-state index in [0.29, 0.717) is 11.3 Å². The molecule has 4 heteroatoms. The van der Waals surface area contributed by atoms with E-state index in [1.54, 1.807) is 11.3 Å². The number of thiazole rings is 1. The largest absolute Gasteiger partial charge is 0.326 e. The Morgan fingerprint density at radius 1 is 1.40 bits per heavy atom. The summed E-state index contributed by atoms with van der Waals surface area (Å²) < 4.78 is 0.306. The van der Waals surface area contributed by atoms with Gasteiger partial charge in [0.05, 0.1) is 5.69 Å². The van der Waals surface area contributed by atoms with E-state index >= 15 is 0 Å². The smallest absolute Gasteiger partial charge is 0.103 e. The maximum absolute atomic E-state index is 5.69. The van der Waals surface area contributed by atoms with Gasteiger partial charge in [0.25, 0.3) is 0 Å². The average Bonchev–Trinajstić information content (AvgIpc) is 2.56. The molecule has 0 atom stereocenters. The van der Waals surface area contributed by atoms with E-state index in [4.69, 9.17) is 5.73 Å². The highest BCUT2D eigenvalue weighted by atomic mass is 32.2. The number of thioether (sulfide) groups is 1. The molecular formula is C11H20N2S2. The van der Waals surface area contributed by atoms with Crippen LogP contribution in [-0.2, 0) is 18.7 Å². The molecule has 1 aromatic heterocycles. The lowest BCUT2D eigenvalue weighted by atomic mass is 10.3. The van der Waals surface area contributed by atoms with Gasteiger partial charge in [-0.3, -0.25) is 0 Å². The van der Waals surface area contributed by atoms with Gasteiger partial charge in [-0.15, -0.1) is 23.1 Å². The number of nitrogens with two attached hydrogens (primary N) is 1. The Bertz CT molecular complexity index is 291. The predicted octanol–water partition coefficient (Wildman–Crippen LogP) is 3.20. The Morgan fingerprint density at radius 2 is 2.07 bits per heavy atom. The summed E-state index contributed by atoms with van der Waals surface area (Å²) in [6.45, 7) is 9.46. The van der Waals surface area contributed by atoms with Crippen molar-refractivity contribution in [3.63, 3.8) is 0 Å². The van der Waals surface area contributed by atoms with Crippen LogP contribution < -0.4 is 5.73 Å². The second-order valence-corrected chi connectivity index (χ2v) is 7.41. The first-order chi connectivity index (χ1) is 6.96. The summed E-state index contributed by atoms with van der Waals surface area (Å²) >= 11 is 3.70. The van der Waals surface area contributed by atoms with Crippen LogP contribution >= 0.6 is 23.1 Å². The number of hydrogen-bond donors (Lipinski definition) is 1. The molecule has 86 valence electrons. The van der Waals surface area contributed by atoms with Crippen LogP contribution in [0, 0.1) is 0 Å². The summed E-state index contributed by atoms with van der Waals surface area (Å²) in [4.78, 5) is 5.87. The molecule has 1 heterocycles. The maximum atomic E-state index is 5.69. The van der Waals surface area contributed by atoms with E-state index in [-0.39, 0.29) is 0 Å². The third-order valence-corrected chi connectivity index (χ3v) is 4.56. The Labute approximate surface area is 101 Å². The Hall–Kier alpha value is -0.0600. The molecule has 0 aliphatic rings. The zero-order valence-electron chi connectivity index (χ0n) is 9.96. The van der Waals surface area contributed by atoms with Gasteiger partial charge in [-0.1, -0.05) is 27.7 Å². The topological polar surface area (TPSA) is 38.9 Å². The Kier molecular flexibility index (Phi) is 4.62. The first kappa shape index (κ1) is 13.0. The molecule has 0 bridgehead atoms. The van der Waals surface area contributed by atoms with Crippen molar-refractivity contribution in [2.24, 2.45) is 5.73 Å². The molecule has 0 aliphatic carbocycles. The van der Waals surface area contributed by atoms with E-state index < -0.39 is 0 Å². The molecule has 1 rings (SSSR count). The van der Waals surface area contributed by atoms with E-state index in [1.165, 1.54) is 15.6 Å². The first-order valence-corrected chi connectivity index (χ1v) is 7.08. The maximum Gasteiger partial charge on any atom is 0.103 e. The van der Waals surface area contributed by atoms with Crippen molar-refractivity contribution < 1.29 is 0 Å². The van der Waals surface area contributed by atoms with E-state index in [9.17, 15) is 0 Å². The molecule has 0 saturated carbocycles. The van der Waals surface area contributed by atoms with Crippen molar-refractivity contribution >= 4 is 23.1 Å². The fourth-order valence-electron chi connectivity index (χ4n) is 1.21. The highest BCUT2D eigenvalue weighted by molar-refractivity contribution is 7.99. The molecule has 1 aromatic rings. The second-order valence-electron chi connectivity index (χ2n) is 4.44. The monoisotopic (exact) mass is 244 g/mol. The Balaban J connectivity index is 2.66. The number of nitrogens with zero attached hydrogens (tertiary/aromatic N) is 1. The van der Waals surface area contributed by atoms with Crippen molar-refractivity contribution in [1.29, 1.82) is 0 Å². The molecular weight excluding hydrogens is 224 g/mol. The van der Waals surface area contributed by atoms with Crippen molar-refractivity contribution in [3.05, 3.63) is 15.6 Å². The average molecular weight is 244 g/mol. The van der Waals surface area contributed by atoms with Gasteiger partial charge < -0.3 is 5.73 Å². The van der Waals surface area contributed by atoms with E-state index in [1.807, 2.05) is 11.8 Å². The highest BCUT2D eigenvalue weighted by Crippen LogP contribution is 2.30. The summed E-state index contributed by atoms with van der Waals surface area (Å²) in [7, 11) is 0. The van der Waals surface area contributed by atoms with Gasteiger partial charge in [0.2, 0.25) is 0 Å². The van der Waals surface area contributed by atoms with Gasteiger partial charge in [-0.2, -0.15) is 0 Å². The number of hydrogen-bond acceptors (Lipinski definition) is 4. The molecule has 0 fully saturated rings. The van der Waals surface area contributed by atoms with Crippen molar-refractivity contribution in [2.75, 3.05) is 0 Å². The van der Waals surface area contributed by atoms with Gasteiger partial charge in [0.1, 0.15) is 5.01 Å². The minimum atomic E-state index is 0.306. The number of rotatable bonds is 4. The van der Waals surface area contributed by atoms with Gasteiger partial charge in [-0.05, 0) is 6.42 Å². The first-order valence-electron chi connectivity index (χ1n) is 5.27. The summed E-state index contributed by atoms with van der Waals surface area (Å²) in [6.07, 6.45) is 0.989. The molecule has 0 unspecified atom stereocenters. The molecule has 0 radical (unpaired) electrons. The lowest BCUT2D eigenvalue weighted by Gasteiger charge is -2.16. The van der Waals surface area contributed by atoms with Crippen molar-refractivity contribution in [3.8, 4) is 0 Å². The van der Waals surface area contributed by atoms with Gasteiger partial charge in [0.15, 0.2) is 0 Å². The van der Waals surface area contributed by atoms with Crippen LogP contribution in [0.2, 0.25) is 0 Å². The lowest BCUT2D eigenvalue weighted by Crippen LogP contribution is -2.07. The lowest BCUT2D eigenvalue weighted by molar-refractivity contribution is 0.802. The minimum Gasteiger partial charge on any atom is -0.326 e. The number of aryl methyl sites for hydroxylation is 1. The minimum absolute atomic E-state index is 0.306. The van der Waals surface area contributed by atoms with Crippen LogP contribution in [0.1, 0.15) is 43.3 Å². The summed E-state index contributed by atoms with van der Waals surface area (Å²) in [5.41, 5.74) is 6.87. The van der Waals surface area contributed by atoms with Gasteiger partial charge >= 0.3 is 0 Å². The standard InChI is InChI=1S/C11H20N2S2/c1-5-8-9(6-12)15-10(13-8)7-14-11(2,3)4/h5-7,12H2,1-4H3. The summed E-state index contributed by atoms with van der Waals surface area (Å²) in [5.74, 6) is 1.00. The zero-order chi connectivity index (χ0) is 11.5. The van der Waals surface area contributed by atoms with E-state index in [0.717, 1.165) is 12.2 Å². The summed E-state index contributed by atoms with van der Waals surface area (Å²) in [6, 6.07) is 0. The quantitative estimate of drug-likeness (QED) is 0.884. The Morgan fingerprint density at radius 3 is 2.47 bits per heavy atom. The third-order valence-electron chi connectivity index (χ3n) is 1.97. The summed E-state index contributed by atoms with van der Waals surface area (Å²) in [5, 5.41) is 1.22. The third kappa shape index (κ3) is 4.13. The van der Waals surface area contributed by atoms with Crippen LogP contribution in [0.5, 0.6) is 0 Å². The van der Waals surface area contributed by atoms with Crippen molar-refractivity contribution in [2.45, 2.75) is 51.2 Å². The van der Waals surface area contributed by atoms with Crippen molar-refractivity contribution in [1.82, 2.24) is 4.98 Å². The molecule has 2 N–H and O–H groups in total. The fraction of sp³-hybridized carbons (Fsp3) is 0.727. The second kappa shape index (κ2) is 5.32.